The molecule has 1 aliphatic carbocycles. The Morgan fingerprint density at radius 2 is 1.92 bits per heavy atom. The highest BCUT2D eigenvalue weighted by atomic mass is 16.5. The Morgan fingerprint density at radius 1 is 1.16 bits per heavy atom. The summed E-state index contributed by atoms with van der Waals surface area (Å²) in [7, 11) is 1.41. The molecule has 1 N–H and O–H groups in total. The van der Waals surface area contributed by atoms with Crippen LogP contribution in [0, 0.1) is 19.8 Å². The van der Waals surface area contributed by atoms with Gasteiger partial charge in [-0.3, -0.25) is 0 Å². The molecule has 0 fully saturated rings. The summed E-state index contributed by atoms with van der Waals surface area (Å²) in [6, 6.07) is 12.6. The Morgan fingerprint density at radius 3 is 2.64 bits per heavy atom. The Labute approximate surface area is 148 Å². The summed E-state index contributed by atoms with van der Waals surface area (Å²) in [6.07, 6.45) is 5.75. The number of anilines is 1. The summed E-state index contributed by atoms with van der Waals surface area (Å²) in [6.45, 7) is 4.36. The number of esters is 1. The molecule has 2 aromatic rings. The molecule has 2 aliphatic rings. The first-order valence-corrected chi connectivity index (χ1v) is 8.81. The van der Waals surface area contributed by atoms with Gasteiger partial charge in [0.05, 0.1) is 18.7 Å². The maximum absolute atomic E-state index is 11.7. The van der Waals surface area contributed by atoms with Crippen molar-refractivity contribution in [2.24, 2.45) is 5.92 Å². The zero-order valence-electron chi connectivity index (χ0n) is 14.9. The van der Waals surface area contributed by atoms with E-state index in [1.807, 2.05) is 24.3 Å². The summed E-state index contributed by atoms with van der Waals surface area (Å²) in [5, 5.41) is 3.77. The number of allylic oxidation sites excluding steroid dienone is 2. The molecule has 128 valence electrons. The molecule has 3 nitrogen and oxygen atoms in total. The third-order valence-corrected chi connectivity index (χ3v) is 5.51. The molecule has 1 aliphatic heterocycles. The zero-order valence-corrected chi connectivity index (χ0v) is 14.9. The van der Waals surface area contributed by atoms with Gasteiger partial charge in [-0.2, -0.15) is 0 Å². The summed E-state index contributed by atoms with van der Waals surface area (Å²) in [5.74, 6) is 0.681. The Hall–Kier alpha value is -2.55. The standard InChI is InChI=1S/C22H23NO2/c1-13-11-14(2)20-17-5-4-6-18(17)21(23-19(20)12-13)15-7-9-16(10-8-15)22(24)25-3/h4-5,7-12,17-18,21,23H,6H2,1-3H3/t17?,18?,21-/m1/s1. The number of ether oxygens (including phenoxy) is 1. The molecule has 0 saturated heterocycles. The smallest absolute Gasteiger partial charge is 0.337 e. The number of methoxy groups -OCH3 is 1. The monoisotopic (exact) mass is 333 g/mol. The van der Waals surface area contributed by atoms with Gasteiger partial charge < -0.3 is 10.1 Å². The van der Waals surface area contributed by atoms with E-state index in [1.165, 1.54) is 35.1 Å². The van der Waals surface area contributed by atoms with Crippen LogP contribution in [-0.2, 0) is 4.74 Å². The third-order valence-electron chi connectivity index (χ3n) is 5.51. The van der Waals surface area contributed by atoms with Gasteiger partial charge in [0.15, 0.2) is 0 Å². The van der Waals surface area contributed by atoms with Crippen LogP contribution in [0.15, 0.2) is 48.6 Å². The van der Waals surface area contributed by atoms with E-state index in [4.69, 9.17) is 4.74 Å². The maximum Gasteiger partial charge on any atom is 0.337 e. The van der Waals surface area contributed by atoms with Gasteiger partial charge in [-0.1, -0.05) is 30.4 Å². The maximum atomic E-state index is 11.7. The first-order chi connectivity index (χ1) is 12.1. The van der Waals surface area contributed by atoms with E-state index in [-0.39, 0.29) is 12.0 Å². The van der Waals surface area contributed by atoms with Gasteiger partial charge in [-0.25, -0.2) is 4.79 Å². The lowest BCUT2D eigenvalue weighted by molar-refractivity contribution is 0.0600. The fraction of sp³-hybridized carbons (Fsp3) is 0.318. The van der Waals surface area contributed by atoms with Crippen molar-refractivity contribution in [3.63, 3.8) is 0 Å². The Bertz CT molecular complexity index is 851. The second kappa shape index (κ2) is 6.07. The van der Waals surface area contributed by atoms with Crippen LogP contribution >= 0.6 is 0 Å². The molecule has 0 aromatic heterocycles. The summed E-state index contributed by atoms with van der Waals surface area (Å²) < 4.78 is 4.80. The largest absolute Gasteiger partial charge is 0.465 e. The number of hydrogen-bond donors (Lipinski definition) is 1. The molecule has 0 amide bonds. The SMILES string of the molecule is COC(=O)c1ccc([C@H]2Nc3cc(C)cc(C)c3C3C=CCC32)cc1. The van der Waals surface area contributed by atoms with E-state index in [9.17, 15) is 4.79 Å². The molecule has 0 saturated carbocycles. The van der Waals surface area contributed by atoms with Crippen LogP contribution in [0.5, 0.6) is 0 Å². The Kier molecular flexibility index (Phi) is 3.87. The van der Waals surface area contributed by atoms with Crippen molar-refractivity contribution in [3.05, 3.63) is 76.4 Å². The predicted octanol–water partition coefficient (Wildman–Crippen LogP) is 4.92. The third kappa shape index (κ3) is 2.64. The molecule has 0 spiro atoms. The minimum absolute atomic E-state index is 0.250. The number of nitrogens with one attached hydrogen (secondary N) is 1. The number of carbonyl (C=O) groups excluding carboxylic acids is 1. The molecule has 3 atom stereocenters. The van der Waals surface area contributed by atoms with E-state index < -0.39 is 0 Å². The van der Waals surface area contributed by atoms with E-state index in [1.54, 1.807) is 0 Å². The van der Waals surface area contributed by atoms with Crippen LogP contribution in [0.2, 0.25) is 0 Å². The molecule has 0 radical (unpaired) electrons. The number of fused-ring (bicyclic) bond motifs is 3. The topological polar surface area (TPSA) is 38.3 Å². The van der Waals surface area contributed by atoms with Crippen molar-refractivity contribution in [2.45, 2.75) is 32.2 Å². The molecule has 3 heteroatoms. The predicted molar refractivity (Wildman–Crippen MR) is 100 cm³/mol. The average molecular weight is 333 g/mol. The molecule has 25 heavy (non-hydrogen) atoms. The molecule has 0 bridgehead atoms. The van der Waals surface area contributed by atoms with Gasteiger partial charge in [-0.15, -0.1) is 0 Å². The Balaban J connectivity index is 1.73. The number of carbonyl (C=O) groups is 1. The minimum Gasteiger partial charge on any atom is -0.465 e. The lowest BCUT2D eigenvalue weighted by Gasteiger charge is -2.38. The van der Waals surface area contributed by atoms with Crippen molar-refractivity contribution in [1.82, 2.24) is 0 Å². The first-order valence-electron chi connectivity index (χ1n) is 8.81. The second-order valence-corrected chi connectivity index (χ2v) is 7.13. The van der Waals surface area contributed by atoms with Gasteiger partial charge in [-0.05, 0) is 66.6 Å². The van der Waals surface area contributed by atoms with E-state index in [2.05, 4.69) is 43.4 Å². The number of aryl methyl sites for hydroxylation is 2. The first kappa shape index (κ1) is 15.9. The molecule has 1 heterocycles. The molecule has 2 aromatic carbocycles. The minimum atomic E-state index is -0.292. The van der Waals surface area contributed by atoms with Crippen LogP contribution in [-0.4, -0.2) is 13.1 Å². The van der Waals surface area contributed by atoms with Crippen molar-refractivity contribution in [2.75, 3.05) is 12.4 Å². The highest BCUT2D eigenvalue weighted by molar-refractivity contribution is 5.89. The van der Waals surface area contributed by atoms with Gasteiger partial charge >= 0.3 is 5.97 Å². The van der Waals surface area contributed by atoms with Gasteiger partial charge in [0, 0.05) is 11.6 Å². The van der Waals surface area contributed by atoms with Gasteiger partial charge in [0.2, 0.25) is 0 Å². The average Bonchev–Trinajstić information content (AvgIpc) is 3.09. The second-order valence-electron chi connectivity index (χ2n) is 7.13. The summed E-state index contributed by atoms with van der Waals surface area (Å²) >= 11 is 0. The molecular formula is C22H23NO2. The fourth-order valence-corrected chi connectivity index (χ4v) is 4.42. The van der Waals surface area contributed by atoms with E-state index in [0.717, 1.165) is 6.42 Å². The summed E-state index contributed by atoms with van der Waals surface area (Å²) in [4.78, 5) is 11.7. The van der Waals surface area contributed by atoms with Crippen molar-refractivity contribution >= 4 is 11.7 Å². The number of hydrogen-bond acceptors (Lipinski definition) is 3. The van der Waals surface area contributed by atoms with E-state index in [0.29, 0.717) is 17.4 Å². The van der Waals surface area contributed by atoms with Gasteiger partial charge in [0.1, 0.15) is 0 Å². The highest BCUT2D eigenvalue weighted by Crippen LogP contribution is 2.50. The van der Waals surface area contributed by atoms with Crippen LogP contribution in [0.1, 0.15) is 51.0 Å². The lowest BCUT2D eigenvalue weighted by atomic mass is 9.75. The quantitative estimate of drug-likeness (QED) is 0.626. The molecular weight excluding hydrogens is 310 g/mol. The number of rotatable bonds is 2. The molecule has 2 unspecified atom stereocenters. The normalized spacial score (nSPS) is 23.6. The highest BCUT2D eigenvalue weighted by Gasteiger charge is 2.38. The van der Waals surface area contributed by atoms with Crippen molar-refractivity contribution in [3.8, 4) is 0 Å². The van der Waals surface area contributed by atoms with Crippen molar-refractivity contribution < 1.29 is 9.53 Å². The van der Waals surface area contributed by atoms with Crippen LogP contribution in [0.25, 0.3) is 0 Å². The number of benzene rings is 2. The van der Waals surface area contributed by atoms with Crippen LogP contribution in [0.4, 0.5) is 5.69 Å². The zero-order chi connectivity index (χ0) is 17.6. The van der Waals surface area contributed by atoms with Crippen molar-refractivity contribution in [1.29, 1.82) is 0 Å². The van der Waals surface area contributed by atoms with Crippen LogP contribution < -0.4 is 5.32 Å². The van der Waals surface area contributed by atoms with E-state index >= 15 is 0 Å². The fourth-order valence-electron chi connectivity index (χ4n) is 4.42. The molecule has 4 rings (SSSR count). The van der Waals surface area contributed by atoms with Gasteiger partial charge in [0.25, 0.3) is 0 Å². The summed E-state index contributed by atoms with van der Waals surface area (Å²) in [5.41, 5.74) is 7.14. The lowest BCUT2D eigenvalue weighted by Crippen LogP contribution is -2.29. The van der Waals surface area contributed by atoms with Crippen LogP contribution in [0.3, 0.4) is 0 Å².